The van der Waals surface area contributed by atoms with E-state index in [0.717, 1.165) is 0 Å². The molecule has 0 aliphatic rings. The lowest BCUT2D eigenvalue weighted by atomic mass is 10.0. The van der Waals surface area contributed by atoms with Gasteiger partial charge in [-0.05, 0) is 6.08 Å². The zero-order valence-electron chi connectivity index (χ0n) is 11.2. The molecule has 0 bridgehead atoms. The number of alkyl halides is 9. The van der Waals surface area contributed by atoms with Crippen molar-refractivity contribution in [2.75, 3.05) is 19.8 Å². The fourth-order valence-corrected chi connectivity index (χ4v) is 1.32. The van der Waals surface area contributed by atoms with Crippen LogP contribution in [0.25, 0.3) is 0 Å². The van der Waals surface area contributed by atoms with Gasteiger partial charge in [-0.2, -0.15) is 47.9 Å². The zero-order chi connectivity index (χ0) is 19.4. The van der Waals surface area contributed by atoms with E-state index in [1.165, 1.54) is 0 Å². The molecule has 0 heterocycles. The Morgan fingerprint density at radius 3 is 1.79 bits per heavy atom. The van der Waals surface area contributed by atoms with Crippen molar-refractivity contribution < 1.29 is 61.4 Å². The van der Waals surface area contributed by atoms with Gasteiger partial charge in [-0.15, -0.1) is 0 Å². The summed E-state index contributed by atoms with van der Waals surface area (Å²) in [6.45, 7) is -2.44. The molecule has 0 unspecified atom stereocenters. The van der Waals surface area contributed by atoms with Gasteiger partial charge < -0.3 is 4.74 Å². The van der Waals surface area contributed by atoms with E-state index in [9.17, 15) is 47.9 Å². The Morgan fingerprint density at radius 2 is 1.38 bits per heavy atom. The zero-order valence-corrected chi connectivity index (χ0v) is 12.0. The van der Waals surface area contributed by atoms with Gasteiger partial charge in [-0.25, -0.2) is 4.18 Å². The quantitative estimate of drug-likeness (QED) is 0.279. The van der Waals surface area contributed by atoms with E-state index in [1.54, 1.807) is 0 Å². The number of halogens is 9. The smallest absolute Gasteiger partial charge is 0.375 e. The molecule has 1 N–H and O–H groups in total. The van der Waals surface area contributed by atoms with Crippen molar-refractivity contribution in [3.05, 3.63) is 12.2 Å². The predicted octanol–water partition coefficient (Wildman–Crippen LogP) is 2.85. The molecule has 0 fully saturated rings. The van der Waals surface area contributed by atoms with Crippen LogP contribution in [0.15, 0.2) is 12.2 Å². The molecule has 0 aromatic carbocycles. The molecule has 0 amide bonds. The van der Waals surface area contributed by atoms with Crippen molar-refractivity contribution >= 4 is 10.4 Å². The minimum atomic E-state index is -6.99. The predicted molar refractivity (Wildman–Crippen MR) is 58.4 cm³/mol. The number of hydrogen-bond acceptors (Lipinski definition) is 4. The fraction of sp³-hybridized carbons (Fsp3) is 0.778. The highest BCUT2D eigenvalue weighted by atomic mass is 32.3. The average Bonchev–Trinajstić information content (AvgIpc) is 2.34. The Balaban J connectivity index is 4.73. The molecule has 144 valence electrons. The van der Waals surface area contributed by atoms with Crippen molar-refractivity contribution in [1.29, 1.82) is 0 Å². The third kappa shape index (κ3) is 5.78. The normalized spacial score (nSPS) is 15.2. The second kappa shape index (κ2) is 7.45. The van der Waals surface area contributed by atoms with Gasteiger partial charge in [0.1, 0.15) is 0 Å². The van der Waals surface area contributed by atoms with E-state index in [1.807, 2.05) is 0 Å². The standard InChI is InChI=1S/C9H9F9O5S/c10-6(11,7(12,13)8(14,15)9(16,17)18)2-1-3-22-4-5-23-24(19,20)21/h1-2H,3-5H2,(H,19,20,21)/b2-1+. The molecule has 5 nitrogen and oxygen atoms in total. The maximum atomic E-state index is 12.9. The molecule has 0 saturated heterocycles. The summed E-state index contributed by atoms with van der Waals surface area (Å²) in [5.41, 5.74) is 0. The first kappa shape index (κ1) is 22.9. The van der Waals surface area contributed by atoms with Crippen LogP contribution in [0.3, 0.4) is 0 Å². The highest BCUT2D eigenvalue weighted by molar-refractivity contribution is 7.80. The van der Waals surface area contributed by atoms with Crippen LogP contribution < -0.4 is 0 Å². The van der Waals surface area contributed by atoms with Gasteiger partial charge in [-0.3, -0.25) is 4.55 Å². The molecule has 0 aliphatic heterocycles. The summed E-state index contributed by atoms with van der Waals surface area (Å²) in [5.74, 6) is -19.6. The van der Waals surface area contributed by atoms with Crippen LogP contribution in [-0.2, 0) is 19.3 Å². The lowest BCUT2D eigenvalue weighted by molar-refractivity contribution is -0.388. The Labute approximate surface area is 129 Å². The molecule has 15 heteroatoms. The van der Waals surface area contributed by atoms with Gasteiger partial charge in [0.15, 0.2) is 0 Å². The third-order valence-electron chi connectivity index (χ3n) is 2.17. The lowest BCUT2D eigenvalue weighted by Gasteiger charge is -2.32. The SMILES string of the molecule is O=S(=O)(O)OCCOC/C=C/C(F)(F)C(F)(F)C(F)(F)C(F)(F)F. The monoisotopic (exact) mass is 400 g/mol. The van der Waals surface area contributed by atoms with Crippen molar-refractivity contribution in [1.82, 2.24) is 0 Å². The van der Waals surface area contributed by atoms with E-state index in [4.69, 9.17) is 4.55 Å². The Kier molecular flexibility index (Phi) is 7.12. The number of allylic oxidation sites excluding steroid dienone is 1. The summed E-state index contributed by atoms with van der Waals surface area (Å²) < 4.78 is 148. The Hall–Kier alpha value is -1.06. The molecular formula is C9H9F9O5S. The third-order valence-corrected chi connectivity index (χ3v) is 2.63. The maximum absolute atomic E-state index is 12.9. The van der Waals surface area contributed by atoms with Crippen molar-refractivity contribution in [2.24, 2.45) is 0 Å². The molecule has 0 spiro atoms. The summed E-state index contributed by atoms with van der Waals surface area (Å²) in [5, 5.41) is 0. The Morgan fingerprint density at radius 1 is 0.875 bits per heavy atom. The van der Waals surface area contributed by atoms with Crippen molar-refractivity contribution in [3.8, 4) is 0 Å². The average molecular weight is 400 g/mol. The van der Waals surface area contributed by atoms with Crippen LogP contribution >= 0.6 is 0 Å². The van der Waals surface area contributed by atoms with Crippen LogP contribution in [0.1, 0.15) is 0 Å². The number of hydrogen-bond donors (Lipinski definition) is 1. The summed E-state index contributed by atoms with van der Waals surface area (Å²) in [6.07, 6.45) is -7.79. The Bertz CT molecular complexity index is 540. The van der Waals surface area contributed by atoms with Gasteiger partial charge >= 0.3 is 34.3 Å². The van der Waals surface area contributed by atoms with E-state index < -0.39 is 60.2 Å². The second-order valence-corrected chi connectivity index (χ2v) is 5.09. The van der Waals surface area contributed by atoms with Crippen LogP contribution in [-0.4, -0.2) is 56.7 Å². The summed E-state index contributed by atoms with van der Waals surface area (Å²) in [7, 11) is -4.80. The molecule has 0 atom stereocenters. The minimum Gasteiger partial charge on any atom is -0.375 e. The number of ether oxygens (including phenoxy) is 1. The van der Waals surface area contributed by atoms with E-state index >= 15 is 0 Å². The van der Waals surface area contributed by atoms with Crippen LogP contribution in [0.2, 0.25) is 0 Å². The highest BCUT2D eigenvalue weighted by Crippen LogP contribution is 2.53. The molecule has 0 aliphatic carbocycles. The summed E-state index contributed by atoms with van der Waals surface area (Å²) in [4.78, 5) is 0. The first-order valence-corrected chi connectivity index (χ1v) is 6.89. The van der Waals surface area contributed by atoms with Crippen LogP contribution in [0.4, 0.5) is 39.5 Å². The van der Waals surface area contributed by atoms with Crippen molar-refractivity contribution in [2.45, 2.75) is 23.9 Å². The van der Waals surface area contributed by atoms with E-state index in [0.29, 0.717) is 0 Å². The molecule has 0 saturated carbocycles. The molecule has 0 aromatic rings. The van der Waals surface area contributed by atoms with Crippen molar-refractivity contribution in [3.63, 3.8) is 0 Å². The van der Waals surface area contributed by atoms with Gasteiger partial charge in [0, 0.05) is 0 Å². The molecule has 0 radical (unpaired) electrons. The highest BCUT2D eigenvalue weighted by Gasteiger charge is 2.81. The van der Waals surface area contributed by atoms with Crippen LogP contribution in [0.5, 0.6) is 0 Å². The van der Waals surface area contributed by atoms with Gasteiger partial charge in [0.05, 0.1) is 19.8 Å². The van der Waals surface area contributed by atoms with Crippen LogP contribution in [0, 0.1) is 0 Å². The van der Waals surface area contributed by atoms with Gasteiger partial charge in [-0.1, -0.05) is 6.08 Å². The molecule has 24 heavy (non-hydrogen) atoms. The second-order valence-electron chi connectivity index (χ2n) is 4.00. The molecule has 0 aromatic heterocycles. The van der Waals surface area contributed by atoms with E-state index in [2.05, 4.69) is 8.92 Å². The minimum absolute atomic E-state index is 0.0216. The lowest BCUT2D eigenvalue weighted by Crippen LogP contribution is -2.60. The first-order chi connectivity index (χ1) is 10.5. The van der Waals surface area contributed by atoms with E-state index in [-0.39, 0.29) is 6.08 Å². The van der Waals surface area contributed by atoms with Gasteiger partial charge in [0.25, 0.3) is 0 Å². The fourth-order valence-electron chi connectivity index (χ4n) is 1.04. The number of rotatable bonds is 9. The maximum Gasteiger partial charge on any atom is 0.460 e. The largest absolute Gasteiger partial charge is 0.460 e. The molecular weight excluding hydrogens is 391 g/mol. The van der Waals surface area contributed by atoms with Gasteiger partial charge in [0.2, 0.25) is 0 Å². The molecule has 0 rings (SSSR count). The first-order valence-electron chi connectivity index (χ1n) is 5.53. The topological polar surface area (TPSA) is 72.8 Å². The summed E-state index contributed by atoms with van der Waals surface area (Å²) in [6, 6.07) is 0. The summed E-state index contributed by atoms with van der Waals surface area (Å²) >= 11 is 0.